The highest BCUT2D eigenvalue weighted by Crippen LogP contribution is 2.31. The van der Waals surface area contributed by atoms with Crippen molar-refractivity contribution in [3.63, 3.8) is 0 Å². The van der Waals surface area contributed by atoms with Crippen molar-refractivity contribution < 1.29 is 0 Å². The van der Waals surface area contributed by atoms with Crippen LogP contribution in [0.3, 0.4) is 0 Å². The molecule has 1 heterocycles. The first kappa shape index (κ1) is 13.3. The highest BCUT2D eigenvalue weighted by atomic mass is 32.2. The lowest BCUT2D eigenvalue weighted by Crippen LogP contribution is -2.57. The molecule has 0 aromatic carbocycles. The molecule has 0 spiro atoms. The van der Waals surface area contributed by atoms with Crippen molar-refractivity contribution in [2.24, 2.45) is 5.73 Å². The molecule has 1 unspecified atom stereocenters. The first-order chi connectivity index (χ1) is 7.29. The molecule has 0 aromatic rings. The van der Waals surface area contributed by atoms with Crippen LogP contribution in [0.5, 0.6) is 0 Å². The molecule has 0 aliphatic carbocycles. The molecule has 1 rings (SSSR count). The summed E-state index contributed by atoms with van der Waals surface area (Å²) in [7, 11) is 0. The summed E-state index contributed by atoms with van der Waals surface area (Å²) in [6, 6.07) is 0. The minimum absolute atomic E-state index is 0.314. The number of nitrogens with two attached hydrogens (primary N) is 1. The zero-order chi connectivity index (χ0) is 11.1. The third kappa shape index (κ3) is 3.36. The van der Waals surface area contributed by atoms with Gasteiger partial charge in [-0.1, -0.05) is 13.8 Å². The van der Waals surface area contributed by atoms with Crippen molar-refractivity contribution in [2.75, 3.05) is 31.1 Å². The van der Waals surface area contributed by atoms with Crippen LogP contribution in [0.2, 0.25) is 0 Å². The van der Waals surface area contributed by atoms with Gasteiger partial charge in [0, 0.05) is 17.8 Å². The summed E-state index contributed by atoms with van der Waals surface area (Å²) >= 11 is 2.08. The van der Waals surface area contributed by atoms with Crippen LogP contribution >= 0.6 is 11.8 Å². The Balaban J connectivity index is 2.65. The molecule has 3 heteroatoms. The Morgan fingerprint density at radius 2 is 1.93 bits per heavy atom. The highest BCUT2D eigenvalue weighted by molar-refractivity contribution is 7.99. The lowest BCUT2D eigenvalue weighted by atomic mass is 9.92. The van der Waals surface area contributed by atoms with Crippen molar-refractivity contribution in [1.29, 1.82) is 0 Å². The second-order valence-corrected chi connectivity index (χ2v) is 5.68. The van der Waals surface area contributed by atoms with E-state index in [1.54, 1.807) is 0 Å². The Labute approximate surface area is 99.0 Å². The van der Waals surface area contributed by atoms with Gasteiger partial charge in [-0.15, -0.1) is 0 Å². The van der Waals surface area contributed by atoms with E-state index in [0.717, 1.165) is 6.54 Å². The predicted molar refractivity (Wildman–Crippen MR) is 70.5 cm³/mol. The van der Waals surface area contributed by atoms with E-state index in [9.17, 15) is 0 Å². The lowest BCUT2D eigenvalue weighted by molar-refractivity contribution is 0.102. The average Bonchev–Trinajstić information content (AvgIpc) is 2.30. The largest absolute Gasteiger partial charge is 0.329 e. The molecule has 0 saturated carbocycles. The molecular weight excluding hydrogens is 204 g/mol. The fourth-order valence-corrected chi connectivity index (χ4v) is 3.82. The van der Waals surface area contributed by atoms with E-state index < -0.39 is 0 Å². The van der Waals surface area contributed by atoms with Gasteiger partial charge in [-0.05, 0) is 44.5 Å². The van der Waals surface area contributed by atoms with Crippen molar-refractivity contribution in [3.05, 3.63) is 0 Å². The van der Waals surface area contributed by atoms with Gasteiger partial charge in [0.15, 0.2) is 0 Å². The monoisotopic (exact) mass is 230 g/mol. The highest BCUT2D eigenvalue weighted by Gasteiger charge is 2.36. The van der Waals surface area contributed by atoms with E-state index in [2.05, 4.69) is 30.5 Å². The SMILES string of the molecule is CCCN(CCC)C1(CN)CCCSC1. The number of rotatable bonds is 6. The van der Waals surface area contributed by atoms with Crippen molar-refractivity contribution in [3.8, 4) is 0 Å². The molecule has 2 N–H and O–H groups in total. The van der Waals surface area contributed by atoms with E-state index >= 15 is 0 Å². The summed E-state index contributed by atoms with van der Waals surface area (Å²) in [5, 5.41) is 0. The Morgan fingerprint density at radius 3 is 2.33 bits per heavy atom. The molecule has 2 nitrogen and oxygen atoms in total. The van der Waals surface area contributed by atoms with Crippen LogP contribution in [0.15, 0.2) is 0 Å². The summed E-state index contributed by atoms with van der Waals surface area (Å²) in [5.41, 5.74) is 6.36. The molecule has 0 amide bonds. The molecule has 1 fully saturated rings. The van der Waals surface area contributed by atoms with E-state index in [-0.39, 0.29) is 0 Å². The van der Waals surface area contributed by atoms with Crippen LogP contribution in [0, 0.1) is 0 Å². The van der Waals surface area contributed by atoms with Crippen LogP contribution in [-0.4, -0.2) is 41.6 Å². The van der Waals surface area contributed by atoms with Gasteiger partial charge in [0.05, 0.1) is 0 Å². The van der Waals surface area contributed by atoms with Crippen LogP contribution in [-0.2, 0) is 0 Å². The molecule has 0 aromatic heterocycles. The Kier molecular flexibility index (Phi) is 6.02. The average molecular weight is 230 g/mol. The van der Waals surface area contributed by atoms with Gasteiger partial charge in [0.1, 0.15) is 0 Å². The third-order valence-corrected chi connectivity index (χ3v) is 4.66. The maximum Gasteiger partial charge on any atom is 0.0422 e. The van der Waals surface area contributed by atoms with Gasteiger partial charge in [-0.3, -0.25) is 4.90 Å². The normalized spacial score (nSPS) is 27.2. The zero-order valence-corrected chi connectivity index (χ0v) is 11.1. The molecule has 1 atom stereocenters. The number of nitrogens with zero attached hydrogens (tertiary/aromatic N) is 1. The number of hydrogen-bond acceptors (Lipinski definition) is 3. The maximum atomic E-state index is 6.04. The van der Waals surface area contributed by atoms with Gasteiger partial charge in [-0.2, -0.15) is 11.8 Å². The molecule has 1 aliphatic rings. The summed E-state index contributed by atoms with van der Waals surface area (Å²) in [6.45, 7) is 7.79. The minimum atomic E-state index is 0.314. The predicted octanol–water partition coefficient (Wildman–Crippen LogP) is 2.33. The van der Waals surface area contributed by atoms with Crippen molar-refractivity contribution in [2.45, 2.75) is 45.1 Å². The van der Waals surface area contributed by atoms with E-state index in [1.165, 1.54) is 50.3 Å². The van der Waals surface area contributed by atoms with Crippen LogP contribution in [0.4, 0.5) is 0 Å². The van der Waals surface area contributed by atoms with Gasteiger partial charge < -0.3 is 5.73 Å². The molecule has 1 aliphatic heterocycles. The molecular formula is C12H26N2S. The first-order valence-electron chi connectivity index (χ1n) is 6.32. The fourth-order valence-electron chi connectivity index (χ4n) is 2.50. The maximum absolute atomic E-state index is 6.04. The summed E-state index contributed by atoms with van der Waals surface area (Å²) in [5.74, 6) is 2.57. The van der Waals surface area contributed by atoms with E-state index in [4.69, 9.17) is 5.73 Å². The summed E-state index contributed by atoms with van der Waals surface area (Å²) in [6.07, 6.45) is 5.13. The Bertz CT molecular complexity index is 161. The van der Waals surface area contributed by atoms with Crippen LogP contribution in [0.25, 0.3) is 0 Å². The van der Waals surface area contributed by atoms with Gasteiger partial charge in [0.2, 0.25) is 0 Å². The Hall–Kier alpha value is 0.270. The van der Waals surface area contributed by atoms with E-state index in [1.807, 2.05) is 0 Å². The molecule has 90 valence electrons. The molecule has 15 heavy (non-hydrogen) atoms. The van der Waals surface area contributed by atoms with Gasteiger partial charge in [0.25, 0.3) is 0 Å². The van der Waals surface area contributed by atoms with E-state index in [0.29, 0.717) is 5.54 Å². The molecule has 1 saturated heterocycles. The van der Waals surface area contributed by atoms with Crippen molar-refractivity contribution >= 4 is 11.8 Å². The second kappa shape index (κ2) is 6.77. The zero-order valence-electron chi connectivity index (χ0n) is 10.3. The van der Waals surface area contributed by atoms with Crippen molar-refractivity contribution in [1.82, 2.24) is 4.90 Å². The third-order valence-electron chi connectivity index (χ3n) is 3.34. The smallest absolute Gasteiger partial charge is 0.0422 e. The Morgan fingerprint density at radius 1 is 1.27 bits per heavy atom. The summed E-state index contributed by atoms with van der Waals surface area (Å²) in [4.78, 5) is 2.65. The van der Waals surface area contributed by atoms with Gasteiger partial charge >= 0.3 is 0 Å². The topological polar surface area (TPSA) is 29.3 Å². The number of hydrogen-bond donors (Lipinski definition) is 1. The van der Waals surface area contributed by atoms with Crippen LogP contribution in [0.1, 0.15) is 39.5 Å². The van der Waals surface area contributed by atoms with Gasteiger partial charge in [-0.25, -0.2) is 0 Å². The first-order valence-corrected chi connectivity index (χ1v) is 7.47. The molecule has 0 radical (unpaired) electrons. The van der Waals surface area contributed by atoms with Crippen LogP contribution < -0.4 is 5.73 Å². The fraction of sp³-hybridized carbons (Fsp3) is 1.00. The molecule has 0 bridgehead atoms. The quantitative estimate of drug-likeness (QED) is 0.759. The standard InChI is InChI=1S/C12H26N2S/c1-3-7-14(8-4-2)12(10-13)6-5-9-15-11-12/h3-11,13H2,1-2H3. The second-order valence-electron chi connectivity index (χ2n) is 4.57. The number of thioether (sulfide) groups is 1. The minimum Gasteiger partial charge on any atom is -0.329 e. The summed E-state index contributed by atoms with van der Waals surface area (Å²) < 4.78 is 0. The lowest BCUT2D eigenvalue weighted by Gasteiger charge is -2.45.